The molecule has 0 bridgehead atoms. The Morgan fingerprint density at radius 3 is 2.50 bits per heavy atom. The van der Waals surface area contributed by atoms with E-state index in [-0.39, 0.29) is 0 Å². The zero-order valence-electron chi connectivity index (χ0n) is 4.53. The van der Waals surface area contributed by atoms with Crippen molar-refractivity contribution < 1.29 is 4.65 Å². The number of hydrogen-bond donors (Lipinski definition) is 0. The second-order valence-electron chi connectivity index (χ2n) is 1.35. The van der Waals surface area contributed by atoms with Crippen LogP contribution >= 0.6 is 0 Å². The lowest BCUT2D eigenvalue weighted by Crippen LogP contribution is -1.95. The van der Waals surface area contributed by atoms with Crippen LogP contribution in [0.4, 0.5) is 0 Å². The predicted octanol–water partition coefficient (Wildman–Crippen LogP) is -0.155. The second kappa shape index (κ2) is 5.09. The van der Waals surface area contributed by atoms with Crippen molar-refractivity contribution in [1.29, 1.82) is 0 Å². The molecular formula is C3H10B2O. The van der Waals surface area contributed by atoms with Crippen LogP contribution in [0.1, 0.15) is 0 Å². The van der Waals surface area contributed by atoms with Gasteiger partial charge in [-0.25, -0.2) is 0 Å². The summed E-state index contributed by atoms with van der Waals surface area (Å²) in [5, 5.41) is 0. The summed E-state index contributed by atoms with van der Waals surface area (Å²) in [5.74, 6) is 0. The summed E-state index contributed by atoms with van der Waals surface area (Å²) in [6.07, 6.45) is 1.19. The van der Waals surface area contributed by atoms with Crippen LogP contribution in [-0.2, 0) is 4.65 Å². The zero-order chi connectivity index (χ0) is 4.83. The van der Waals surface area contributed by atoms with E-state index in [0.717, 1.165) is 7.48 Å². The summed E-state index contributed by atoms with van der Waals surface area (Å²) >= 11 is 0. The van der Waals surface area contributed by atoms with Crippen LogP contribution in [-0.4, -0.2) is 21.9 Å². The van der Waals surface area contributed by atoms with Crippen molar-refractivity contribution in [1.82, 2.24) is 0 Å². The minimum atomic E-state index is 0.913. The first kappa shape index (κ1) is 6.09. The fraction of sp³-hybridized carbons (Fsp3) is 1.00. The first-order valence-corrected chi connectivity index (χ1v) is 2.40. The van der Waals surface area contributed by atoms with Crippen molar-refractivity contribution in [3.63, 3.8) is 0 Å². The van der Waals surface area contributed by atoms with E-state index in [2.05, 4.69) is 6.82 Å². The molecule has 1 nitrogen and oxygen atoms in total. The van der Waals surface area contributed by atoms with E-state index in [1.807, 2.05) is 0 Å². The highest BCUT2D eigenvalue weighted by Gasteiger charge is 1.82. The predicted molar refractivity (Wildman–Crippen MR) is 32.0 cm³/mol. The molecule has 3 heteroatoms. The molecule has 0 aliphatic rings. The van der Waals surface area contributed by atoms with Gasteiger partial charge in [0.25, 0.3) is 7.48 Å². The molecule has 0 unspecified atom stereocenters. The number of hydrogen-bond acceptors (Lipinski definition) is 1. The van der Waals surface area contributed by atoms with E-state index in [9.17, 15) is 0 Å². The summed E-state index contributed by atoms with van der Waals surface area (Å²) in [7, 11) is 3.88. The van der Waals surface area contributed by atoms with Crippen LogP contribution < -0.4 is 0 Å². The van der Waals surface area contributed by atoms with Crippen LogP contribution in [0.5, 0.6) is 0 Å². The van der Waals surface area contributed by atoms with Crippen LogP contribution in [0.25, 0.3) is 0 Å². The summed E-state index contributed by atoms with van der Waals surface area (Å²) in [4.78, 5) is 0. The van der Waals surface area contributed by atoms with Gasteiger partial charge in [-0.05, 0) is 0 Å². The summed E-state index contributed by atoms with van der Waals surface area (Å²) in [6.45, 7) is 2.15. The molecule has 0 saturated carbocycles. The Morgan fingerprint density at radius 1 is 1.67 bits per heavy atom. The highest BCUT2D eigenvalue weighted by molar-refractivity contribution is 6.51. The maximum Gasteiger partial charge on any atom is 0.267 e. The standard InChI is InChI=1S/C3H10B2O/c1-4-3-5-6-2/h4-5H,3H2,1-2H3. The maximum atomic E-state index is 4.78. The quantitative estimate of drug-likeness (QED) is 0.341. The molecule has 0 radical (unpaired) electrons. The van der Waals surface area contributed by atoms with Gasteiger partial charge in [0.2, 0.25) is 0 Å². The van der Waals surface area contributed by atoms with Crippen molar-refractivity contribution in [2.24, 2.45) is 0 Å². The topological polar surface area (TPSA) is 9.23 Å². The van der Waals surface area contributed by atoms with Crippen LogP contribution in [0.2, 0.25) is 13.0 Å². The van der Waals surface area contributed by atoms with Gasteiger partial charge in [-0.15, -0.1) is 0 Å². The van der Waals surface area contributed by atoms with E-state index in [4.69, 9.17) is 4.65 Å². The molecule has 0 spiro atoms. The first-order valence-electron chi connectivity index (χ1n) is 2.40. The van der Waals surface area contributed by atoms with Gasteiger partial charge in [-0.1, -0.05) is 13.0 Å². The molecule has 0 aliphatic carbocycles. The Hall–Kier alpha value is 0.0899. The fourth-order valence-electron chi connectivity index (χ4n) is 0.289. The van der Waals surface area contributed by atoms with Crippen LogP contribution in [0.15, 0.2) is 0 Å². The lowest BCUT2D eigenvalue weighted by molar-refractivity contribution is 0.445. The third kappa shape index (κ3) is 4.09. The van der Waals surface area contributed by atoms with Crippen molar-refractivity contribution in [3.05, 3.63) is 0 Å². The monoisotopic (exact) mass is 84.1 g/mol. The smallest absolute Gasteiger partial charge is 0.267 e. The molecule has 0 heterocycles. The van der Waals surface area contributed by atoms with Gasteiger partial charge in [0.1, 0.15) is 7.28 Å². The Morgan fingerprint density at radius 2 is 2.33 bits per heavy atom. The highest BCUT2D eigenvalue weighted by Crippen LogP contribution is 1.71. The van der Waals surface area contributed by atoms with Gasteiger partial charge < -0.3 is 4.65 Å². The van der Waals surface area contributed by atoms with Crippen molar-refractivity contribution in [3.8, 4) is 0 Å². The summed E-state index contributed by atoms with van der Waals surface area (Å²) < 4.78 is 4.78. The van der Waals surface area contributed by atoms with Gasteiger partial charge in [0, 0.05) is 7.11 Å². The molecular weight excluding hydrogens is 73.7 g/mol. The zero-order valence-corrected chi connectivity index (χ0v) is 4.53. The molecule has 6 heavy (non-hydrogen) atoms. The Balaban J connectivity index is 2.34. The van der Waals surface area contributed by atoms with Gasteiger partial charge >= 0.3 is 0 Å². The van der Waals surface area contributed by atoms with Gasteiger partial charge in [0.15, 0.2) is 0 Å². The molecule has 0 aromatic carbocycles. The van der Waals surface area contributed by atoms with E-state index in [1.54, 1.807) is 7.11 Å². The summed E-state index contributed by atoms with van der Waals surface area (Å²) in [5.41, 5.74) is 0. The van der Waals surface area contributed by atoms with Gasteiger partial charge in [-0.3, -0.25) is 0 Å². The normalized spacial score (nSPS) is 7.67. The third-order valence-corrected chi connectivity index (χ3v) is 0.702. The lowest BCUT2D eigenvalue weighted by atomic mass is 9.65. The van der Waals surface area contributed by atoms with E-state index < -0.39 is 0 Å². The highest BCUT2D eigenvalue weighted by atomic mass is 16.4. The van der Waals surface area contributed by atoms with Crippen molar-refractivity contribution in [2.75, 3.05) is 7.11 Å². The molecule has 0 amide bonds. The second-order valence-corrected chi connectivity index (χ2v) is 1.35. The molecule has 0 saturated heterocycles. The molecule has 34 valence electrons. The van der Waals surface area contributed by atoms with Crippen molar-refractivity contribution >= 4 is 14.8 Å². The maximum absolute atomic E-state index is 4.78. The van der Waals surface area contributed by atoms with E-state index in [1.165, 1.54) is 13.5 Å². The molecule has 0 atom stereocenters. The average Bonchev–Trinajstić information content (AvgIpc) is 1.61. The van der Waals surface area contributed by atoms with Crippen molar-refractivity contribution in [2.45, 2.75) is 13.0 Å². The molecule has 0 aromatic heterocycles. The van der Waals surface area contributed by atoms with Gasteiger partial charge in [0.05, 0.1) is 0 Å². The molecule has 0 aromatic rings. The van der Waals surface area contributed by atoms with E-state index in [0.29, 0.717) is 0 Å². The first-order chi connectivity index (χ1) is 2.91. The molecule has 0 aliphatic heterocycles. The van der Waals surface area contributed by atoms with Gasteiger partial charge in [-0.2, -0.15) is 0 Å². The Bertz CT molecular complexity index is 20.8. The Kier molecular flexibility index (Phi) is 5.17. The largest absolute Gasteiger partial charge is 0.443 e. The fourth-order valence-corrected chi connectivity index (χ4v) is 0.289. The third-order valence-electron chi connectivity index (χ3n) is 0.702. The summed E-state index contributed by atoms with van der Waals surface area (Å²) in [6, 6.07) is 0. The minimum absolute atomic E-state index is 0.913. The molecule has 0 fully saturated rings. The molecule has 0 N–H and O–H groups in total. The van der Waals surface area contributed by atoms with Crippen LogP contribution in [0.3, 0.4) is 0 Å². The van der Waals surface area contributed by atoms with E-state index >= 15 is 0 Å². The average molecular weight is 83.7 g/mol. The van der Waals surface area contributed by atoms with Crippen LogP contribution in [0, 0.1) is 0 Å². The lowest BCUT2D eigenvalue weighted by Gasteiger charge is -1.84. The Labute approximate surface area is 40.6 Å². The SMILES string of the molecule is CBCBOC. The minimum Gasteiger partial charge on any atom is -0.443 e. The number of rotatable bonds is 3. The molecule has 0 rings (SSSR count).